The predicted molar refractivity (Wildman–Crippen MR) is 97.1 cm³/mol. The Morgan fingerprint density at radius 3 is 2.10 bits per heavy atom. The van der Waals surface area contributed by atoms with Crippen LogP contribution in [0.2, 0.25) is 0 Å². The Balaban J connectivity index is 2.00. The number of phosphoric ester groups is 2. The second-order valence-electron chi connectivity index (χ2n) is 6.59. The molecule has 10 atom stereocenters. The van der Waals surface area contributed by atoms with Crippen LogP contribution in [0.15, 0.2) is 0 Å². The van der Waals surface area contributed by atoms with Crippen molar-refractivity contribution in [1.29, 1.82) is 0 Å². The van der Waals surface area contributed by atoms with Crippen LogP contribution in [0.5, 0.6) is 0 Å². The summed E-state index contributed by atoms with van der Waals surface area (Å²) in [7, 11) is 4.29. The number of halogens is 1. The van der Waals surface area contributed by atoms with Crippen molar-refractivity contribution in [3.8, 4) is 0 Å². The number of phosphoric acid groups is 2. The number of methoxy groups -OCH3 is 1. The highest BCUT2D eigenvalue weighted by Crippen LogP contribution is 2.50. The minimum absolute atomic E-state index is 0.129. The number of hydrogen-bond donors (Lipinski definition) is 2. The van der Waals surface area contributed by atoms with Crippen LogP contribution in [-0.4, -0.2) is 95.5 Å². The van der Waals surface area contributed by atoms with Crippen molar-refractivity contribution in [3.05, 3.63) is 0 Å². The normalized spacial score (nSPS) is 41.9. The maximum Gasteiger partial charge on any atom is 0.472 e. The molecule has 0 saturated carbocycles. The molecule has 4 unspecified atom stereocenters. The smallest absolute Gasteiger partial charge is 0.382 e. The fraction of sp³-hybridized carbons (Fsp3) is 1.00. The topological polar surface area (TPSA) is 139 Å². The van der Waals surface area contributed by atoms with Crippen molar-refractivity contribution in [2.24, 2.45) is 5.92 Å². The zero-order valence-corrected chi connectivity index (χ0v) is 17.8. The predicted octanol–water partition coefficient (Wildman–Crippen LogP) is 0.0280. The van der Waals surface area contributed by atoms with Gasteiger partial charge in [-0.2, -0.15) is 0 Å². The van der Waals surface area contributed by atoms with E-state index in [4.69, 9.17) is 43.5 Å². The van der Waals surface area contributed by atoms with E-state index < -0.39 is 70.8 Å². The second kappa shape index (κ2) is 10.2. The molecule has 0 aliphatic carbocycles. The molecule has 16 heteroatoms. The van der Waals surface area contributed by atoms with Crippen molar-refractivity contribution < 1.29 is 55.6 Å². The number of ether oxygens (including phenoxy) is 3. The summed E-state index contributed by atoms with van der Waals surface area (Å²) in [6, 6.07) is -2.25. The van der Waals surface area contributed by atoms with Gasteiger partial charge in [0.25, 0.3) is 0 Å². The van der Waals surface area contributed by atoms with E-state index in [-0.39, 0.29) is 6.61 Å². The largest absolute Gasteiger partial charge is 0.472 e. The van der Waals surface area contributed by atoms with Gasteiger partial charge in [0.1, 0.15) is 46.3 Å². The van der Waals surface area contributed by atoms with Crippen LogP contribution in [0.25, 0.3) is 0 Å². The number of alkyl halides is 1. The van der Waals surface area contributed by atoms with Gasteiger partial charge in [-0.25, -0.2) is 13.5 Å². The molecule has 11 nitrogen and oxygen atoms in total. The summed E-state index contributed by atoms with van der Waals surface area (Å²) in [5, 5.41) is 0. The Labute approximate surface area is 170 Å². The number of hydrogen-bond acceptors (Lipinski definition) is 9. The SMILES string of the molecule is [B][C@@H]1O[C@H](COP(=O)(O)O[C@@H]2C(F)[C@H]([B])O[C@@H]2COC)[C@H](OP(=O)(O)OC)C1C. The third kappa shape index (κ3) is 6.57. The molecule has 2 aliphatic heterocycles. The molecule has 29 heavy (non-hydrogen) atoms. The first-order valence-corrected chi connectivity index (χ1v) is 11.6. The van der Waals surface area contributed by atoms with E-state index in [1.807, 2.05) is 0 Å². The lowest BCUT2D eigenvalue weighted by atomic mass is 9.86. The minimum atomic E-state index is -4.81. The first kappa shape index (κ1) is 25.4. The lowest BCUT2D eigenvalue weighted by Crippen LogP contribution is -2.35. The molecule has 2 aliphatic rings. The monoisotopic (exact) mass is 458 g/mol. The van der Waals surface area contributed by atoms with Crippen molar-refractivity contribution in [2.75, 3.05) is 27.4 Å². The lowest BCUT2D eigenvalue weighted by molar-refractivity contribution is -0.0335. The second-order valence-corrected chi connectivity index (χ2v) is 9.51. The molecule has 2 heterocycles. The maximum atomic E-state index is 14.2. The van der Waals surface area contributed by atoms with Gasteiger partial charge in [0.15, 0.2) is 0 Å². The first-order valence-electron chi connectivity index (χ1n) is 8.58. The molecule has 0 amide bonds. The summed E-state index contributed by atoms with van der Waals surface area (Å²) in [6.45, 7) is 0.849. The van der Waals surface area contributed by atoms with Crippen molar-refractivity contribution in [2.45, 2.75) is 49.5 Å². The van der Waals surface area contributed by atoms with E-state index in [1.165, 1.54) is 7.11 Å². The van der Waals surface area contributed by atoms with Gasteiger partial charge in [-0.1, -0.05) is 6.92 Å². The third-order valence-electron chi connectivity index (χ3n) is 4.53. The fourth-order valence-corrected chi connectivity index (χ4v) is 4.62. The molecular weight excluding hydrogens is 435 g/mol. The molecule has 2 saturated heterocycles. The maximum absolute atomic E-state index is 14.2. The van der Waals surface area contributed by atoms with Crippen molar-refractivity contribution in [1.82, 2.24) is 0 Å². The summed E-state index contributed by atoms with van der Waals surface area (Å²) in [5.41, 5.74) is 0. The molecule has 0 aromatic rings. The highest BCUT2D eigenvalue weighted by atomic mass is 31.2. The van der Waals surface area contributed by atoms with Crippen molar-refractivity contribution in [3.63, 3.8) is 0 Å². The first-order chi connectivity index (χ1) is 13.4. The van der Waals surface area contributed by atoms with Gasteiger partial charge in [-0.05, 0) is 0 Å². The van der Waals surface area contributed by atoms with E-state index in [0.29, 0.717) is 0 Å². The third-order valence-corrected chi connectivity index (χ3v) is 6.49. The highest BCUT2D eigenvalue weighted by Gasteiger charge is 2.48. The molecular formula is C13H23B2FO11P2. The minimum Gasteiger partial charge on any atom is -0.382 e. The molecule has 2 fully saturated rings. The average molecular weight is 458 g/mol. The fourth-order valence-electron chi connectivity index (χ4n) is 2.95. The Hall–Kier alpha value is 0.160. The van der Waals surface area contributed by atoms with Gasteiger partial charge >= 0.3 is 15.6 Å². The van der Waals surface area contributed by atoms with Crippen LogP contribution >= 0.6 is 15.6 Å². The Bertz CT molecular complexity index is 646. The molecule has 2 N–H and O–H groups in total. The van der Waals surface area contributed by atoms with Crippen LogP contribution in [-0.2, 0) is 41.4 Å². The van der Waals surface area contributed by atoms with E-state index >= 15 is 0 Å². The molecule has 2 rings (SSSR count). The van der Waals surface area contributed by atoms with Crippen LogP contribution in [0, 0.1) is 5.92 Å². The number of rotatable bonds is 10. The summed E-state index contributed by atoms with van der Waals surface area (Å²) in [5.74, 6) is -0.569. The van der Waals surface area contributed by atoms with Crippen LogP contribution in [0.1, 0.15) is 6.92 Å². The Morgan fingerprint density at radius 2 is 1.52 bits per heavy atom. The Kier molecular flexibility index (Phi) is 8.93. The lowest BCUT2D eigenvalue weighted by Gasteiger charge is -2.25. The average Bonchev–Trinajstić information content (AvgIpc) is 3.05. The highest BCUT2D eigenvalue weighted by molar-refractivity contribution is 7.47. The summed E-state index contributed by atoms with van der Waals surface area (Å²) < 4.78 is 72.6. The molecule has 0 spiro atoms. The molecule has 164 valence electrons. The van der Waals surface area contributed by atoms with Gasteiger partial charge in [0.05, 0.1) is 19.2 Å². The molecule has 0 aromatic heterocycles. The van der Waals surface area contributed by atoms with Crippen molar-refractivity contribution >= 4 is 31.3 Å². The van der Waals surface area contributed by atoms with Gasteiger partial charge in [-0.15, -0.1) is 0 Å². The van der Waals surface area contributed by atoms with E-state index in [0.717, 1.165) is 7.11 Å². The van der Waals surface area contributed by atoms with E-state index in [1.54, 1.807) is 6.92 Å². The van der Waals surface area contributed by atoms with Gasteiger partial charge in [0.2, 0.25) is 0 Å². The molecule has 4 radical (unpaired) electrons. The van der Waals surface area contributed by atoms with E-state index in [2.05, 4.69) is 4.52 Å². The Morgan fingerprint density at radius 1 is 0.966 bits per heavy atom. The van der Waals surface area contributed by atoms with Crippen LogP contribution < -0.4 is 0 Å². The van der Waals surface area contributed by atoms with Gasteiger partial charge in [0, 0.05) is 26.1 Å². The van der Waals surface area contributed by atoms with Crippen LogP contribution in [0.3, 0.4) is 0 Å². The summed E-state index contributed by atoms with van der Waals surface area (Å²) in [4.78, 5) is 19.5. The molecule has 0 bridgehead atoms. The van der Waals surface area contributed by atoms with Gasteiger partial charge < -0.3 is 24.0 Å². The summed E-state index contributed by atoms with van der Waals surface area (Å²) in [6.07, 6.45) is -6.61. The van der Waals surface area contributed by atoms with Gasteiger partial charge in [-0.3, -0.25) is 18.1 Å². The van der Waals surface area contributed by atoms with Crippen LogP contribution in [0.4, 0.5) is 4.39 Å². The standard InChI is InChI=1S/C13H23B2FO11P2/c1-6-10(26-28(17,18)22-3)8(24-12(6)14)5-23-29(19,20)27-11-7(4-21-2)25-13(15)9(11)16/h6-13H,4-5H2,1-3H3,(H,17,18)(H,19,20)/t6?,7-,8-,9?,10-,11+,12-,13-/m1/s1. The summed E-state index contributed by atoms with van der Waals surface area (Å²) >= 11 is 0. The zero-order chi connectivity index (χ0) is 22.0. The van der Waals surface area contributed by atoms with E-state index in [9.17, 15) is 23.3 Å². The zero-order valence-electron chi connectivity index (χ0n) is 16.0. The molecule has 0 aromatic carbocycles. The quantitative estimate of drug-likeness (QED) is 0.339.